The minimum Gasteiger partial charge on any atom is -0.504 e. The molecule has 2 saturated carbocycles. The van der Waals surface area contributed by atoms with Crippen LogP contribution in [0.25, 0.3) is 0 Å². The highest BCUT2D eigenvalue weighted by Gasteiger charge is 2.80. The van der Waals surface area contributed by atoms with E-state index in [4.69, 9.17) is 9.47 Å². The molecule has 32 heavy (non-hydrogen) atoms. The number of hydrogen-bond acceptors (Lipinski definition) is 5. The van der Waals surface area contributed by atoms with Gasteiger partial charge in [-0.15, -0.1) is 0 Å². The largest absolute Gasteiger partial charge is 0.504 e. The molecule has 1 aromatic carbocycles. The normalized spacial score (nSPS) is 45.7. The van der Waals surface area contributed by atoms with Crippen LogP contribution in [0.1, 0.15) is 57.6 Å². The lowest BCUT2D eigenvalue weighted by molar-refractivity contribution is -0.250. The van der Waals surface area contributed by atoms with Gasteiger partial charge in [0.05, 0.1) is 11.0 Å². The fourth-order valence-corrected chi connectivity index (χ4v) is 8.92. The number of hydrogen-bond donors (Lipinski definition) is 2. The fraction of sp³-hybridized carbons (Fsp3) is 0.704. The van der Waals surface area contributed by atoms with Gasteiger partial charge >= 0.3 is 0 Å². The second-order valence-electron chi connectivity index (χ2n) is 12.2. The summed E-state index contributed by atoms with van der Waals surface area (Å²) in [4.78, 5) is 2.80. The first-order chi connectivity index (χ1) is 15.2. The zero-order valence-corrected chi connectivity index (χ0v) is 19.6. The first-order valence-corrected chi connectivity index (χ1v) is 12.4. The van der Waals surface area contributed by atoms with E-state index >= 15 is 0 Å². The number of phenolic OH excluding ortho intramolecular Hbond substituents is 1. The van der Waals surface area contributed by atoms with Gasteiger partial charge in [0.25, 0.3) is 0 Å². The molecule has 0 radical (unpaired) electrons. The number of fused-ring (bicyclic) bond motifs is 1. The molecule has 3 fully saturated rings. The number of likely N-dealkylation sites (tertiary alicyclic amines) is 1. The summed E-state index contributed by atoms with van der Waals surface area (Å²) in [6.07, 6.45) is 10.00. The predicted molar refractivity (Wildman–Crippen MR) is 121 cm³/mol. The van der Waals surface area contributed by atoms with Crippen molar-refractivity contribution in [3.8, 4) is 11.5 Å². The van der Waals surface area contributed by atoms with Crippen LogP contribution in [0, 0.1) is 17.3 Å². The SMILES string of the molecule is CO[C@]12C=C[C@@]3(C[C@@H]1C(C)(C)O)C1Cc4ccc(O)c5c4[C@@]3(C[C@H](C)N1CC1CC1)[C@H]2O5. The minimum absolute atomic E-state index is 0.0835. The smallest absolute Gasteiger partial charge is 0.165 e. The molecule has 2 heterocycles. The van der Waals surface area contributed by atoms with E-state index in [0.717, 1.165) is 25.2 Å². The van der Waals surface area contributed by atoms with Crippen LogP contribution in [0.4, 0.5) is 0 Å². The number of aliphatic hydroxyl groups is 1. The van der Waals surface area contributed by atoms with Gasteiger partial charge in [-0.05, 0) is 70.4 Å². The van der Waals surface area contributed by atoms with Crippen molar-refractivity contribution in [2.45, 2.75) is 87.7 Å². The topological polar surface area (TPSA) is 62.2 Å². The van der Waals surface area contributed by atoms with Crippen LogP contribution in [0.2, 0.25) is 0 Å². The Hall–Kier alpha value is -1.56. The summed E-state index contributed by atoms with van der Waals surface area (Å²) in [6, 6.07) is 4.76. The Morgan fingerprint density at radius 3 is 2.69 bits per heavy atom. The molecule has 2 spiro atoms. The van der Waals surface area contributed by atoms with Gasteiger partial charge in [0, 0.05) is 42.6 Å². The molecular weight excluding hydrogens is 402 g/mol. The maximum atomic E-state index is 11.4. The van der Waals surface area contributed by atoms with E-state index in [9.17, 15) is 10.2 Å². The maximum absolute atomic E-state index is 11.4. The molecule has 2 aliphatic heterocycles. The van der Waals surface area contributed by atoms with Crippen molar-refractivity contribution in [1.82, 2.24) is 4.90 Å². The predicted octanol–water partition coefficient (Wildman–Crippen LogP) is 3.55. The number of nitrogens with zero attached hydrogens (tertiary/aromatic N) is 1. The highest BCUT2D eigenvalue weighted by Crippen LogP contribution is 2.76. The Bertz CT molecular complexity index is 1040. The Kier molecular flexibility index (Phi) is 3.56. The number of methoxy groups -OCH3 is 1. The van der Waals surface area contributed by atoms with Crippen LogP contribution in [-0.2, 0) is 16.6 Å². The average molecular weight is 438 g/mol. The molecule has 8 rings (SSSR count). The van der Waals surface area contributed by atoms with Crippen molar-refractivity contribution in [3.05, 3.63) is 35.4 Å². The van der Waals surface area contributed by atoms with E-state index in [-0.39, 0.29) is 28.6 Å². The van der Waals surface area contributed by atoms with Crippen LogP contribution < -0.4 is 4.74 Å². The summed E-state index contributed by atoms with van der Waals surface area (Å²) in [7, 11) is 1.76. The lowest BCUT2D eigenvalue weighted by Crippen LogP contribution is -2.81. The molecule has 172 valence electrons. The Labute approximate surface area is 190 Å². The number of rotatable bonds is 4. The van der Waals surface area contributed by atoms with Crippen LogP contribution >= 0.6 is 0 Å². The molecular formula is C27H35NO4. The minimum atomic E-state index is -0.906. The van der Waals surface area contributed by atoms with Crippen LogP contribution in [0.3, 0.4) is 0 Å². The molecule has 1 aromatic rings. The van der Waals surface area contributed by atoms with Gasteiger partial charge in [-0.1, -0.05) is 18.2 Å². The van der Waals surface area contributed by atoms with Crippen molar-refractivity contribution >= 4 is 0 Å². The highest BCUT2D eigenvalue weighted by atomic mass is 16.6. The van der Waals surface area contributed by atoms with Crippen molar-refractivity contribution in [2.24, 2.45) is 17.3 Å². The third-order valence-corrected chi connectivity index (χ3v) is 10.3. The Balaban J connectivity index is 1.53. The van der Waals surface area contributed by atoms with Gasteiger partial charge in [0.1, 0.15) is 11.7 Å². The van der Waals surface area contributed by atoms with E-state index in [1.807, 2.05) is 19.9 Å². The van der Waals surface area contributed by atoms with E-state index < -0.39 is 11.2 Å². The number of piperidine rings is 1. The zero-order valence-electron chi connectivity index (χ0n) is 19.6. The van der Waals surface area contributed by atoms with Gasteiger partial charge in [0.15, 0.2) is 11.5 Å². The average Bonchev–Trinajstić information content (AvgIpc) is 3.49. The van der Waals surface area contributed by atoms with Gasteiger partial charge in [-0.25, -0.2) is 0 Å². The quantitative estimate of drug-likeness (QED) is 0.706. The van der Waals surface area contributed by atoms with Gasteiger partial charge in [-0.2, -0.15) is 0 Å². The van der Waals surface area contributed by atoms with E-state index in [1.54, 1.807) is 7.11 Å². The Morgan fingerprint density at radius 2 is 2.00 bits per heavy atom. The second-order valence-corrected chi connectivity index (χ2v) is 12.2. The third-order valence-electron chi connectivity index (χ3n) is 10.3. The molecule has 4 bridgehead atoms. The molecule has 5 nitrogen and oxygen atoms in total. The van der Waals surface area contributed by atoms with Crippen LogP contribution in [0.15, 0.2) is 24.3 Å². The molecule has 5 heteroatoms. The number of phenols is 1. The lowest BCUT2D eigenvalue weighted by Gasteiger charge is -2.73. The van der Waals surface area contributed by atoms with E-state index in [0.29, 0.717) is 17.8 Å². The van der Waals surface area contributed by atoms with Crippen molar-refractivity contribution < 1.29 is 19.7 Å². The highest BCUT2D eigenvalue weighted by molar-refractivity contribution is 5.65. The lowest BCUT2D eigenvalue weighted by atomic mass is 9.35. The number of benzene rings is 1. The summed E-state index contributed by atoms with van der Waals surface area (Å²) in [5, 5.41) is 22.3. The van der Waals surface area contributed by atoms with Gasteiger partial charge in [0.2, 0.25) is 0 Å². The molecule has 0 aromatic heterocycles. The van der Waals surface area contributed by atoms with Crippen molar-refractivity contribution in [3.63, 3.8) is 0 Å². The van der Waals surface area contributed by atoms with Crippen LogP contribution in [0.5, 0.6) is 11.5 Å². The van der Waals surface area contributed by atoms with E-state index in [1.165, 1.54) is 30.5 Å². The van der Waals surface area contributed by atoms with Crippen LogP contribution in [-0.4, -0.2) is 58.2 Å². The molecule has 1 unspecified atom stereocenters. The molecule has 0 amide bonds. The zero-order chi connectivity index (χ0) is 22.3. The standard InChI is InChI=1S/C27H35NO4/c1-15-12-26-21-17-7-8-18(29)22(21)32-23(26)27(31-4)10-9-25(26,13-19(27)24(2,3)30)20(11-17)28(15)14-16-5-6-16/h7-10,15-16,19-20,23,29-30H,5-6,11-14H2,1-4H3/t15-,19+,20?,23+,25+,26-,27+/m0/s1. The monoisotopic (exact) mass is 437 g/mol. The first kappa shape index (κ1) is 19.9. The number of ether oxygens (including phenoxy) is 2. The summed E-state index contributed by atoms with van der Waals surface area (Å²) in [5.74, 6) is 1.65. The Morgan fingerprint density at radius 1 is 1.22 bits per heavy atom. The summed E-state index contributed by atoms with van der Waals surface area (Å²) in [5.41, 5.74) is 0.578. The van der Waals surface area contributed by atoms with Crippen molar-refractivity contribution in [1.29, 1.82) is 0 Å². The molecule has 7 atom stereocenters. The molecule has 7 aliphatic rings. The number of aromatic hydroxyl groups is 1. The van der Waals surface area contributed by atoms with Crippen molar-refractivity contribution in [2.75, 3.05) is 13.7 Å². The van der Waals surface area contributed by atoms with E-state index in [2.05, 4.69) is 30.0 Å². The first-order valence-electron chi connectivity index (χ1n) is 12.4. The van der Waals surface area contributed by atoms with Gasteiger partial charge in [-0.3, -0.25) is 4.90 Å². The molecule has 5 aliphatic carbocycles. The maximum Gasteiger partial charge on any atom is 0.165 e. The molecule has 2 N–H and O–H groups in total. The third kappa shape index (κ3) is 2.00. The summed E-state index contributed by atoms with van der Waals surface area (Å²) < 4.78 is 13.1. The summed E-state index contributed by atoms with van der Waals surface area (Å²) in [6.45, 7) is 7.40. The summed E-state index contributed by atoms with van der Waals surface area (Å²) >= 11 is 0. The van der Waals surface area contributed by atoms with Gasteiger partial charge < -0.3 is 19.7 Å². The fourth-order valence-electron chi connectivity index (χ4n) is 8.92. The second kappa shape index (κ2) is 5.73. The molecule has 1 saturated heterocycles.